The van der Waals surface area contributed by atoms with Gasteiger partial charge in [0, 0.05) is 30.8 Å². The summed E-state index contributed by atoms with van der Waals surface area (Å²) in [5, 5.41) is 5.68. The van der Waals surface area contributed by atoms with Crippen LogP contribution in [0.25, 0.3) is 6.08 Å². The molecule has 1 saturated heterocycles. The highest BCUT2D eigenvalue weighted by atomic mass is 16.5. The van der Waals surface area contributed by atoms with Gasteiger partial charge in [-0.15, -0.1) is 0 Å². The van der Waals surface area contributed by atoms with Crippen LogP contribution in [-0.2, 0) is 9.59 Å². The normalized spacial score (nSPS) is 15.4. The molecule has 0 spiro atoms. The third-order valence-corrected chi connectivity index (χ3v) is 5.48. The topological polar surface area (TPSA) is 101 Å². The van der Waals surface area contributed by atoms with Crippen molar-refractivity contribution in [1.82, 2.24) is 15.5 Å². The lowest BCUT2D eigenvalue weighted by atomic mass is 10.0. The van der Waals surface area contributed by atoms with Crippen LogP contribution in [0.4, 0.5) is 0 Å². The van der Waals surface area contributed by atoms with Crippen molar-refractivity contribution in [1.29, 1.82) is 0 Å². The lowest BCUT2D eigenvalue weighted by molar-refractivity contribution is -0.136. The molecule has 2 N–H and O–H groups in total. The van der Waals surface area contributed by atoms with Crippen LogP contribution in [0.3, 0.4) is 0 Å². The first-order valence-electron chi connectivity index (χ1n) is 10.6. The molecule has 8 heteroatoms. The van der Waals surface area contributed by atoms with Gasteiger partial charge in [-0.1, -0.05) is 12.1 Å². The van der Waals surface area contributed by atoms with E-state index in [1.54, 1.807) is 31.1 Å². The molecule has 1 fully saturated rings. The maximum absolute atomic E-state index is 12.7. The molecule has 1 aliphatic heterocycles. The summed E-state index contributed by atoms with van der Waals surface area (Å²) in [6.07, 6.45) is 5.88. The van der Waals surface area contributed by atoms with Crippen molar-refractivity contribution in [2.75, 3.05) is 20.2 Å². The zero-order valence-corrected chi connectivity index (χ0v) is 18.6. The average Bonchev–Trinajstić information content (AvgIpc) is 3.24. The fourth-order valence-corrected chi connectivity index (χ4v) is 3.58. The van der Waals surface area contributed by atoms with Crippen LogP contribution < -0.4 is 15.4 Å². The van der Waals surface area contributed by atoms with Crippen LogP contribution >= 0.6 is 0 Å². The summed E-state index contributed by atoms with van der Waals surface area (Å²) >= 11 is 0. The number of carbonyl (C=O) groups excluding carboxylic acids is 3. The van der Waals surface area contributed by atoms with Gasteiger partial charge >= 0.3 is 0 Å². The molecule has 1 aromatic heterocycles. The number of amides is 3. The van der Waals surface area contributed by atoms with Gasteiger partial charge in [0.1, 0.15) is 11.8 Å². The summed E-state index contributed by atoms with van der Waals surface area (Å²) in [7, 11) is 1.59. The smallest absolute Gasteiger partial charge is 0.287 e. The van der Waals surface area contributed by atoms with Gasteiger partial charge in [-0.25, -0.2) is 0 Å². The van der Waals surface area contributed by atoms with Gasteiger partial charge in [0.25, 0.3) is 5.91 Å². The highest BCUT2D eigenvalue weighted by Crippen LogP contribution is 2.15. The van der Waals surface area contributed by atoms with E-state index in [1.165, 1.54) is 12.3 Å². The van der Waals surface area contributed by atoms with Gasteiger partial charge in [-0.05, 0) is 56.5 Å². The Hall–Kier alpha value is -3.55. The second kappa shape index (κ2) is 10.7. The fraction of sp³-hybridized carbons (Fsp3) is 0.375. The maximum Gasteiger partial charge on any atom is 0.287 e. The van der Waals surface area contributed by atoms with E-state index < -0.39 is 6.04 Å². The third-order valence-electron chi connectivity index (χ3n) is 5.48. The van der Waals surface area contributed by atoms with E-state index in [2.05, 4.69) is 10.6 Å². The van der Waals surface area contributed by atoms with Crippen molar-refractivity contribution in [3.05, 3.63) is 59.6 Å². The number of furan rings is 1. The monoisotopic (exact) mass is 439 g/mol. The van der Waals surface area contributed by atoms with E-state index in [1.807, 2.05) is 31.2 Å². The SMILES string of the molecule is COc1ccc(/C=C/C(=O)NC(C)C(=O)N2CCC(NC(=O)c3occc3C)CC2)cc1. The van der Waals surface area contributed by atoms with Crippen molar-refractivity contribution in [3.8, 4) is 5.75 Å². The third kappa shape index (κ3) is 6.00. The van der Waals surface area contributed by atoms with E-state index in [0.717, 1.165) is 16.9 Å². The number of hydrogen-bond donors (Lipinski definition) is 2. The largest absolute Gasteiger partial charge is 0.497 e. The number of benzene rings is 1. The summed E-state index contributed by atoms with van der Waals surface area (Å²) < 4.78 is 10.3. The number of nitrogens with one attached hydrogen (secondary N) is 2. The molecule has 32 heavy (non-hydrogen) atoms. The first kappa shape index (κ1) is 23.1. The van der Waals surface area contributed by atoms with Crippen LogP contribution in [-0.4, -0.2) is 54.9 Å². The van der Waals surface area contributed by atoms with Crippen LogP contribution in [0, 0.1) is 6.92 Å². The zero-order chi connectivity index (χ0) is 23.1. The number of rotatable bonds is 7. The minimum Gasteiger partial charge on any atom is -0.497 e. The molecule has 3 amide bonds. The molecule has 2 heterocycles. The highest BCUT2D eigenvalue weighted by Gasteiger charge is 2.28. The molecule has 3 rings (SSSR count). The Balaban J connectivity index is 1.43. The van der Waals surface area contributed by atoms with Gasteiger partial charge in [0.15, 0.2) is 5.76 Å². The lowest BCUT2D eigenvalue weighted by Gasteiger charge is -2.33. The first-order valence-corrected chi connectivity index (χ1v) is 10.6. The van der Waals surface area contributed by atoms with E-state index in [0.29, 0.717) is 31.7 Å². The summed E-state index contributed by atoms with van der Waals surface area (Å²) in [4.78, 5) is 38.9. The molecule has 0 bridgehead atoms. The molecule has 0 aliphatic carbocycles. The standard InChI is InChI=1S/C24H29N3O5/c1-16-12-15-32-22(16)23(29)26-19-10-13-27(14-11-19)24(30)17(2)25-21(28)9-6-18-4-7-20(31-3)8-5-18/h4-9,12,15,17,19H,10-11,13-14H2,1-3H3,(H,25,28)(H,26,29)/b9-6+. The number of carbonyl (C=O) groups is 3. The quantitative estimate of drug-likeness (QED) is 0.646. The van der Waals surface area contributed by atoms with Gasteiger partial charge in [-0.2, -0.15) is 0 Å². The minimum atomic E-state index is -0.639. The number of ether oxygens (including phenoxy) is 1. The Morgan fingerprint density at radius 1 is 1.16 bits per heavy atom. The predicted molar refractivity (Wildman–Crippen MR) is 120 cm³/mol. The van der Waals surface area contributed by atoms with E-state index in [9.17, 15) is 14.4 Å². The fourth-order valence-electron chi connectivity index (χ4n) is 3.58. The molecule has 1 aromatic carbocycles. The average molecular weight is 440 g/mol. The number of piperidine rings is 1. The van der Waals surface area contributed by atoms with Crippen molar-refractivity contribution < 1.29 is 23.5 Å². The molecular weight excluding hydrogens is 410 g/mol. The van der Waals surface area contributed by atoms with Gasteiger partial charge in [0.05, 0.1) is 13.4 Å². The Bertz CT molecular complexity index is 972. The summed E-state index contributed by atoms with van der Waals surface area (Å²) in [6.45, 7) is 4.53. The minimum absolute atomic E-state index is 0.0200. The van der Waals surface area contributed by atoms with Crippen molar-refractivity contribution >= 4 is 23.8 Å². The Morgan fingerprint density at radius 3 is 2.44 bits per heavy atom. The first-order chi connectivity index (χ1) is 15.4. The molecule has 0 radical (unpaired) electrons. The van der Waals surface area contributed by atoms with E-state index >= 15 is 0 Å². The Morgan fingerprint density at radius 2 is 1.84 bits per heavy atom. The number of hydrogen-bond acceptors (Lipinski definition) is 5. The number of nitrogens with zero attached hydrogens (tertiary/aromatic N) is 1. The van der Waals surface area contributed by atoms with Crippen LogP contribution in [0.2, 0.25) is 0 Å². The molecule has 1 unspecified atom stereocenters. The Kier molecular flexibility index (Phi) is 7.70. The van der Waals surface area contributed by atoms with Crippen molar-refractivity contribution in [2.24, 2.45) is 0 Å². The van der Waals surface area contributed by atoms with Crippen molar-refractivity contribution in [2.45, 2.75) is 38.8 Å². The lowest BCUT2D eigenvalue weighted by Crippen LogP contribution is -2.52. The highest BCUT2D eigenvalue weighted by molar-refractivity contribution is 5.95. The van der Waals surface area contributed by atoms with Gasteiger partial charge < -0.3 is 24.7 Å². The summed E-state index contributed by atoms with van der Waals surface area (Å²) in [5.74, 6) is 0.356. The van der Waals surface area contributed by atoms with E-state index in [4.69, 9.17) is 9.15 Å². The maximum atomic E-state index is 12.7. The summed E-state index contributed by atoms with van der Waals surface area (Å²) in [6, 6.07) is 8.39. The zero-order valence-electron chi connectivity index (χ0n) is 18.6. The Labute approximate surface area is 187 Å². The molecule has 0 saturated carbocycles. The van der Waals surface area contributed by atoms with Gasteiger partial charge in [0.2, 0.25) is 11.8 Å². The molecule has 2 aromatic rings. The number of aryl methyl sites for hydroxylation is 1. The molecule has 8 nitrogen and oxygen atoms in total. The molecule has 1 atom stereocenters. The molecule has 1 aliphatic rings. The second-order valence-corrected chi connectivity index (χ2v) is 7.84. The predicted octanol–water partition coefficient (Wildman–Crippen LogP) is 2.54. The molecule has 170 valence electrons. The molecular formula is C24H29N3O5. The van der Waals surface area contributed by atoms with Crippen molar-refractivity contribution in [3.63, 3.8) is 0 Å². The van der Waals surface area contributed by atoms with Crippen LogP contribution in [0.5, 0.6) is 5.75 Å². The van der Waals surface area contributed by atoms with Crippen LogP contribution in [0.1, 0.15) is 41.4 Å². The second-order valence-electron chi connectivity index (χ2n) is 7.84. The van der Waals surface area contributed by atoms with Gasteiger partial charge in [-0.3, -0.25) is 14.4 Å². The van der Waals surface area contributed by atoms with E-state index in [-0.39, 0.29) is 23.8 Å². The van der Waals surface area contributed by atoms with Crippen LogP contribution in [0.15, 0.2) is 47.1 Å². The number of likely N-dealkylation sites (tertiary alicyclic amines) is 1. The summed E-state index contributed by atoms with van der Waals surface area (Å²) in [5.41, 5.74) is 1.65. The number of methoxy groups -OCH3 is 1.